The predicted molar refractivity (Wildman–Crippen MR) is 117 cm³/mol. The van der Waals surface area contributed by atoms with E-state index < -0.39 is 11.7 Å². The van der Waals surface area contributed by atoms with Crippen molar-refractivity contribution in [2.24, 2.45) is 0 Å². The van der Waals surface area contributed by atoms with Crippen molar-refractivity contribution in [1.82, 2.24) is 15.3 Å². The quantitative estimate of drug-likeness (QED) is 0.403. The molecular formula is C24H17FN4O3. The molecule has 0 bridgehead atoms. The lowest BCUT2D eigenvalue weighted by Gasteiger charge is -2.09. The van der Waals surface area contributed by atoms with Crippen molar-refractivity contribution >= 4 is 22.7 Å². The van der Waals surface area contributed by atoms with Gasteiger partial charge in [0.2, 0.25) is 0 Å². The highest BCUT2D eigenvalue weighted by molar-refractivity contribution is 6.15. The Morgan fingerprint density at radius 2 is 1.72 bits per heavy atom. The van der Waals surface area contributed by atoms with E-state index in [0.29, 0.717) is 28.2 Å². The number of halogens is 1. The lowest BCUT2D eigenvalue weighted by molar-refractivity contribution is 0.102. The Bertz CT molecular complexity index is 1440. The lowest BCUT2D eigenvalue weighted by atomic mass is 10.0. The van der Waals surface area contributed by atoms with Gasteiger partial charge in [-0.2, -0.15) is 0 Å². The van der Waals surface area contributed by atoms with Crippen LogP contribution in [-0.4, -0.2) is 21.2 Å². The van der Waals surface area contributed by atoms with Crippen LogP contribution < -0.4 is 5.32 Å². The molecule has 3 heterocycles. The maximum atomic E-state index is 14.5. The molecule has 1 N–H and O–H groups in total. The molecular weight excluding hydrogens is 411 g/mol. The van der Waals surface area contributed by atoms with Crippen molar-refractivity contribution in [2.75, 3.05) is 5.32 Å². The fourth-order valence-electron chi connectivity index (χ4n) is 3.57. The summed E-state index contributed by atoms with van der Waals surface area (Å²) in [5.41, 5.74) is 3.14. The van der Waals surface area contributed by atoms with Crippen LogP contribution >= 0.6 is 0 Å². The summed E-state index contributed by atoms with van der Waals surface area (Å²) in [5, 5.41) is 11.3. The van der Waals surface area contributed by atoms with Gasteiger partial charge in [0.05, 0.1) is 16.6 Å². The van der Waals surface area contributed by atoms with Gasteiger partial charge in [-0.15, -0.1) is 0 Å². The second-order valence-corrected chi connectivity index (χ2v) is 7.27. The standard InChI is InChI=1S/C24H17FN4O3/c1-13-21(14(2)31-28-13)27-23(30)17-12-19(16-10-6-7-11-18(16)25)26-24-20(17)22(29-32-24)15-8-4-3-5-9-15/h3-12H,1-2H3,(H,27,30). The van der Waals surface area contributed by atoms with Gasteiger partial charge in [-0.3, -0.25) is 4.79 Å². The predicted octanol–water partition coefficient (Wildman–Crippen LogP) is 5.55. The minimum Gasteiger partial charge on any atom is -0.359 e. The molecule has 0 atom stereocenters. The van der Waals surface area contributed by atoms with Crippen LogP contribution in [0.4, 0.5) is 10.1 Å². The van der Waals surface area contributed by atoms with Crippen LogP contribution in [0, 0.1) is 19.7 Å². The number of nitrogens with one attached hydrogen (secondary N) is 1. The zero-order valence-electron chi connectivity index (χ0n) is 17.2. The molecule has 0 aliphatic rings. The maximum absolute atomic E-state index is 14.5. The number of nitrogens with zero attached hydrogens (tertiary/aromatic N) is 3. The number of pyridine rings is 1. The third kappa shape index (κ3) is 3.31. The Balaban J connectivity index is 1.73. The number of anilines is 1. The fraction of sp³-hybridized carbons (Fsp3) is 0.0833. The smallest absolute Gasteiger partial charge is 0.259 e. The van der Waals surface area contributed by atoms with Crippen LogP contribution in [-0.2, 0) is 0 Å². The summed E-state index contributed by atoms with van der Waals surface area (Å²) in [6, 6.07) is 17.1. The van der Waals surface area contributed by atoms with Crippen LogP contribution in [0.25, 0.3) is 33.6 Å². The van der Waals surface area contributed by atoms with Gasteiger partial charge in [-0.25, -0.2) is 9.37 Å². The van der Waals surface area contributed by atoms with E-state index in [9.17, 15) is 9.18 Å². The summed E-state index contributed by atoms with van der Waals surface area (Å²) in [6.45, 7) is 3.44. The van der Waals surface area contributed by atoms with E-state index in [4.69, 9.17) is 9.05 Å². The first kappa shape index (κ1) is 19.6. The number of aromatic nitrogens is 3. The average molecular weight is 428 g/mol. The SMILES string of the molecule is Cc1noc(C)c1NC(=O)c1cc(-c2ccccc2F)nc2onc(-c3ccccc3)c12. The van der Waals surface area contributed by atoms with Gasteiger partial charge in [0.15, 0.2) is 5.76 Å². The summed E-state index contributed by atoms with van der Waals surface area (Å²) in [6.07, 6.45) is 0. The Labute approximate surface area is 181 Å². The highest BCUT2D eigenvalue weighted by atomic mass is 19.1. The number of carbonyl (C=O) groups is 1. The maximum Gasteiger partial charge on any atom is 0.259 e. The summed E-state index contributed by atoms with van der Waals surface area (Å²) in [5.74, 6) is -0.423. The van der Waals surface area contributed by atoms with Crippen LogP contribution in [0.5, 0.6) is 0 Å². The highest BCUT2D eigenvalue weighted by Gasteiger charge is 2.24. The van der Waals surface area contributed by atoms with E-state index in [1.54, 1.807) is 32.0 Å². The summed E-state index contributed by atoms with van der Waals surface area (Å²) in [7, 11) is 0. The molecule has 158 valence electrons. The van der Waals surface area contributed by atoms with Crippen molar-refractivity contribution in [3.8, 4) is 22.5 Å². The lowest BCUT2D eigenvalue weighted by Crippen LogP contribution is -2.14. The zero-order valence-corrected chi connectivity index (χ0v) is 17.2. The average Bonchev–Trinajstić information content (AvgIpc) is 3.38. The minimum absolute atomic E-state index is 0.133. The molecule has 0 aliphatic heterocycles. The molecule has 0 radical (unpaired) electrons. The molecule has 0 saturated heterocycles. The summed E-state index contributed by atoms with van der Waals surface area (Å²) < 4.78 is 25.1. The number of benzene rings is 2. The van der Waals surface area contributed by atoms with Gasteiger partial charge in [0.25, 0.3) is 11.6 Å². The first-order valence-electron chi connectivity index (χ1n) is 9.88. The Morgan fingerprint density at radius 3 is 2.44 bits per heavy atom. The van der Waals surface area contributed by atoms with Crippen molar-refractivity contribution in [3.05, 3.63) is 83.5 Å². The van der Waals surface area contributed by atoms with E-state index in [0.717, 1.165) is 5.56 Å². The number of amides is 1. The highest BCUT2D eigenvalue weighted by Crippen LogP contribution is 2.34. The first-order chi connectivity index (χ1) is 15.5. The van der Waals surface area contributed by atoms with E-state index in [-0.39, 0.29) is 22.5 Å². The van der Waals surface area contributed by atoms with Gasteiger partial charge in [0, 0.05) is 11.1 Å². The van der Waals surface area contributed by atoms with Gasteiger partial charge in [0.1, 0.15) is 22.9 Å². The number of rotatable bonds is 4. The normalized spacial score (nSPS) is 11.1. The van der Waals surface area contributed by atoms with E-state index in [1.807, 2.05) is 30.3 Å². The molecule has 8 heteroatoms. The zero-order chi connectivity index (χ0) is 22.2. The van der Waals surface area contributed by atoms with Gasteiger partial charge < -0.3 is 14.4 Å². The molecule has 3 aromatic heterocycles. The number of hydrogen-bond donors (Lipinski definition) is 1. The Morgan fingerprint density at radius 1 is 0.969 bits per heavy atom. The molecule has 2 aromatic carbocycles. The van der Waals surface area contributed by atoms with Crippen molar-refractivity contribution < 1.29 is 18.2 Å². The van der Waals surface area contributed by atoms with Crippen LogP contribution in [0.2, 0.25) is 0 Å². The van der Waals surface area contributed by atoms with Gasteiger partial charge in [-0.1, -0.05) is 52.8 Å². The number of hydrogen-bond acceptors (Lipinski definition) is 6. The number of fused-ring (bicyclic) bond motifs is 1. The molecule has 7 nitrogen and oxygen atoms in total. The molecule has 5 rings (SSSR count). The summed E-state index contributed by atoms with van der Waals surface area (Å²) >= 11 is 0. The second-order valence-electron chi connectivity index (χ2n) is 7.27. The largest absolute Gasteiger partial charge is 0.359 e. The molecule has 1 amide bonds. The van der Waals surface area contributed by atoms with Crippen LogP contribution in [0.1, 0.15) is 21.8 Å². The van der Waals surface area contributed by atoms with E-state index in [1.165, 1.54) is 12.1 Å². The molecule has 0 spiro atoms. The molecule has 32 heavy (non-hydrogen) atoms. The molecule has 0 unspecified atom stereocenters. The van der Waals surface area contributed by atoms with Crippen LogP contribution in [0.3, 0.4) is 0 Å². The number of aryl methyl sites for hydroxylation is 2. The van der Waals surface area contributed by atoms with E-state index >= 15 is 0 Å². The Kier molecular flexibility index (Phi) is 4.74. The third-order valence-corrected chi connectivity index (χ3v) is 5.16. The molecule has 0 fully saturated rings. The van der Waals surface area contributed by atoms with E-state index in [2.05, 4.69) is 20.6 Å². The van der Waals surface area contributed by atoms with Crippen molar-refractivity contribution in [2.45, 2.75) is 13.8 Å². The van der Waals surface area contributed by atoms with Crippen molar-refractivity contribution in [3.63, 3.8) is 0 Å². The van der Waals surface area contributed by atoms with Gasteiger partial charge in [-0.05, 0) is 32.0 Å². The molecule has 5 aromatic rings. The second kappa shape index (κ2) is 7.73. The minimum atomic E-state index is -0.459. The monoisotopic (exact) mass is 428 g/mol. The van der Waals surface area contributed by atoms with Gasteiger partial charge >= 0.3 is 0 Å². The first-order valence-corrected chi connectivity index (χ1v) is 9.88. The Hall–Kier alpha value is -4.33. The molecule has 0 aliphatic carbocycles. The topological polar surface area (TPSA) is 94.1 Å². The third-order valence-electron chi connectivity index (χ3n) is 5.16. The molecule has 0 saturated carbocycles. The van der Waals surface area contributed by atoms with Crippen molar-refractivity contribution in [1.29, 1.82) is 0 Å². The number of carbonyl (C=O) groups excluding carboxylic acids is 1. The van der Waals surface area contributed by atoms with Crippen LogP contribution in [0.15, 0.2) is 69.7 Å². The summed E-state index contributed by atoms with van der Waals surface area (Å²) in [4.78, 5) is 17.9. The fourth-order valence-corrected chi connectivity index (χ4v) is 3.57.